The summed E-state index contributed by atoms with van der Waals surface area (Å²) in [6.45, 7) is 0. The third kappa shape index (κ3) is 3.01. The van der Waals surface area contributed by atoms with Crippen molar-refractivity contribution < 1.29 is 9.90 Å². The van der Waals surface area contributed by atoms with Crippen molar-refractivity contribution in [3.8, 4) is 0 Å². The molecule has 0 aromatic heterocycles. The Morgan fingerprint density at radius 3 is 1.61 bits per heavy atom. The number of hydrogen-bond acceptors (Lipinski definition) is 2. The van der Waals surface area contributed by atoms with Crippen molar-refractivity contribution in [2.45, 2.75) is 13.2 Å². The number of rotatable bonds is 2. The molecule has 100 valence electrons. The summed E-state index contributed by atoms with van der Waals surface area (Å²) in [5, 5.41) is 10.3. The van der Waals surface area contributed by atoms with Crippen molar-refractivity contribution in [1.82, 2.24) is 0 Å². The minimum atomic E-state index is -2.81. The van der Waals surface area contributed by atoms with Crippen molar-refractivity contribution in [3.63, 3.8) is 0 Å². The average molecular weight is 371 g/mol. The van der Waals surface area contributed by atoms with Crippen LogP contribution >= 0.6 is 69.6 Å². The lowest BCUT2D eigenvalue weighted by Crippen LogP contribution is -2.59. The van der Waals surface area contributed by atoms with E-state index in [0.717, 1.165) is 0 Å². The van der Waals surface area contributed by atoms with Gasteiger partial charge in [-0.2, -0.15) is 0 Å². The molecule has 0 spiro atoms. The van der Waals surface area contributed by atoms with Gasteiger partial charge in [0.2, 0.25) is 19.0 Å². The molecule has 0 unspecified atom stereocenters. The second-order valence-electron chi connectivity index (χ2n) is 3.40. The van der Waals surface area contributed by atoms with Crippen molar-refractivity contribution in [2.75, 3.05) is 0 Å². The molecule has 0 saturated carbocycles. The summed E-state index contributed by atoms with van der Waals surface area (Å²) in [5.41, 5.74) is -2.76. The van der Waals surface area contributed by atoms with E-state index in [9.17, 15) is 9.90 Å². The van der Waals surface area contributed by atoms with Crippen molar-refractivity contribution >= 4 is 75.4 Å². The van der Waals surface area contributed by atoms with Crippen LogP contribution in [0.1, 0.15) is 10.4 Å². The maximum Gasteiger partial charge on any atom is 0.230 e. The van der Waals surface area contributed by atoms with Crippen LogP contribution in [0.25, 0.3) is 0 Å². The number of alkyl halides is 6. The Bertz CT molecular complexity index is 420. The number of hydrogen-bond donors (Lipinski definition) is 1. The molecule has 0 aliphatic carbocycles. The fourth-order valence-corrected chi connectivity index (χ4v) is 3.02. The fraction of sp³-hybridized carbons (Fsp3) is 0.300. The average Bonchev–Trinajstić information content (AvgIpc) is 2.25. The van der Waals surface area contributed by atoms with Gasteiger partial charge in [0.25, 0.3) is 0 Å². The molecule has 0 heterocycles. The summed E-state index contributed by atoms with van der Waals surface area (Å²) in [4.78, 5) is 12.2. The maximum atomic E-state index is 12.2. The molecular formula is C10H6Cl6O2. The molecule has 1 rings (SSSR count). The molecule has 0 radical (unpaired) electrons. The summed E-state index contributed by atoms with van der Waals surface area (Å²) >= 11 is 33.5. The predicted octanol–water partition coefficient (Wildman–Crippen LogP) is 4.34. The second-order valence-corrected chi connectivity index (χ2v) is 7.96. The number of carbonyl (C=O) groups excluding carboxylic acids is 1. The number of ketones is 1. The molecule has 2 nitrogen and oxygen atoms in total. The van der Waals surface area contributed by atoms with Gasteiger partial charge < -0.3 is 5.11 Å². The van der Waals surface area contributed by atoms with E-state index in [1.165, 1.54) is 12.1 Å². The lowest BCUT2D eigenvalue weighted by atomic mass is 9.95. The molecule has 0 aliphatic rings. The van der Waals surface area contributed by atoms with Crippen molar-refractivity contribution in [2.24, 2.45) is 0 Å². The summed E-state index contributed by atoms with van der Waals surface area (Å²) < 4.78 is -5.02. The summed E-state index contributed by atoms with van der Waals surface area (Å²) in [6.07, 6.45) is 0. The Kier molecular flexibility index (Phi) is 5.11. The zero-order chi connectivity index (χ0) is 14.2. The molecule has 0 bridgehead atoms. The van der Waals surface area contributed by atoms with E-state index in [4.69, 9.17) is 69.6 Å². The quantitative estimate of drug-likeness (QED) is 0.621. The van der Waals surface area contributed by atoms with E-state index >= 15 is 0 Å². The molecule has 1 N–H and O–H groups in total. The van der Waals surface area contributed by atoms with Crippen LogP contribution in [0.3, 0.4) is 0 Å². The summed E-state index contributed by atoms with van der Waals surface area (Å²) in [7, 11) is 0. The standard InChI is InChI=1S/C10H6Cl6O2/c11-9(12,13)8(18,10(14,15)16)7(17)6-4-2-1-3-5-6/h1-5,18H. The Labute approximate surface area is 134 Å². The van der Waals surface area contributed by atoms with Crippen LogP contribution < -0.4 is 0 Å². The molecule has 8 heteroatoms. The van der Waals surface area contributed by atoms with E-state index < -0.39 is 19.0 Å². The van der Waals surface area contributed by atoms with Gasteiger partial charge in [-0.15, -0.1) is 0 Å². The molecule has 0 saturated heterocycles. The second kappa shape index (κ2) is 5.53. The molecule has 1 aromatic carbocycles. The monoisotopic (exact) mass is 368 g/mol. The molecule has 0 fully saturated rings. The lowest BCUT2D eigenvalue weighted by molar-refractivity contribution is 0.0354. The summed E-state index contributed by atoms with van der Waals surface area (Å²) in [6, 6.07) is 7.59. The lowest BCUT2D eigenvalue weighted by Gasteiger charge is -2.38. The molecule has 1 aromatic rings. The van der Waals surface area contributed by atoms with Crippen LogP contribution in [0.4, 0.5) is 0 Å². The number of aliphatic hydroxyl groups is 1. The van der Waals surface area contributed by atoms with Crippen LogP contribution in [0.5, 0.6) is 0 Å². The minimum Gasteiger partial charge on any atom is -0.374 e. The van der Waals surface area contributed by atoms with Crippen molar-refractivity contribution in [3.05, 3.63) is 35.9 Å². The predicted molar refractivity (Wildman–Crippen MR) is 76.3 cm³/mol. The minimum absolute atomic E-state index is 0.0534. The number of carbonyl (C=O) groups is 1. The van der Waals surface area contributed by atoms with Gasteiger partial charge in [-0.1, -0.05) is 99.9 Å². The van der Waals surface area contributed by atoms with Crippen LogP contribution in [0, 0.1) is 0 Å². The highest BCUT2D eigenvalue weighted by molar-refractivity contribution is 6.75. The first kappa shape index (κ1) is 16.6. The molecule has 0 aliphatic heterocycles. The van der Waals surface area contributed by atoms with E-state index in [2.05, 4.69) is 0 Å². The van der Waals surface area contributed by atoms with Gasteiger partial charge >= 0.3 is 0 Å². The van der Waals surface area contributed by atoms with Crippen LogP contribution in [-0.2, 0) is 0 Å². The van der Waals surface area contributed by atoms with Crippen LogP contribution in [0.2, 0.25) is 0 Å². The van der Waals surface area contributed by atoms with E-state index in [-0.39, 0.29) is 5.56 Å². The number of halogens is 6. The third-order valence-corrected chi connectivity index (χ3v) is 3.83. The maximum absolute atomic E-state index is 12.2. The Morgan fingerprint density at radius 2 is 1.28 bits per heavy atom. The highest BCUT2D eigenvalue weighted by Gasteiger charge is 2.65. The number of Topliss-reactive ketones (excluding diaryl/α,β-unsaturated/α-hetero) is 1. The molecule has 18 heavy (non-hydrogen) atoms. The first-order chi connectivity index (χ1) is 8.02. The number of benzene rings is 1. The smallest absolute Gasteiger partial charge is 0.230 e. The van der Waals surface area contributed by atoms with E-state index in [0.29, 0.717) is 0 Å². The highest BCUT2D eigenvalue weighted by Crippen LogP contribution is 2.52. The van der Waals surface area contributed by atoms with Gasteiger partial charge in [-0.25, -0.2) is 0 Å². The van der Waals surface area contributed by atoms with Crippen molar-refractivity contribution in [1.29, 1.82) is 0 Å². The zero-order valence-electron chi connectivity index (χ0n) is 8.51. The normalized spacial score (nSPS) is 13.5. The summed E-state index contributed by atoms with van der Waals surface area (Å²) in [5.74, 6) is -0.997. The Balaban J connectivity index is 3.36. The van der Waals surface area contributed by atoms with Gasteiger partial charge in [0.15, 0.2) is 0 Å². The van der Waals surface area contributed by atoms with Gasteiger partial charge in [0, 0.05) is 5.56 Å². The van der Waals surface area contributed by atoms with Gasteiger partial charge in [-0.05, 0) is 0 Å². The Morgan fingerprint density at radius 1 is 0.889 bits per heavy atom. The first-order valence-electron chi connectivity index (χ1n) is 4.47. The third-order valence-electron chi connectivity index (χ3n) is 2.19. The Hall–Kier alpha value is 0.590. The highest BCUT2D eigenvalue weighted by atomic mass is 35.6. The molecular weight excluding hydrogens is 365 g/mol. The van der Waals surface area contributed by atoms with Crippen LogP contribution in [0.15, 0.2) is 30.3 Å². The topological polar surface area (TPSA) is 37.3 Å². The SMILES string of the molecule is O=C(c1ccccc1)C(O)(C(Cl)(Cl)Cl)C(Cl)(Cl)Cl. The van der Waals surface area contributed by atoms with Crippen LogP contribution in [-0.4, -0.2) is 24.1 Å². The van der Waals surface area contributed by atoms with Gasteiger partial charge in [0.05, 0.1) is 0 Å². The molecule has 0 amide bonds. The molecule has 0 atom stereocenters. The first-order valence-corrected chi connectivity index (χ1v) is 6.74. The van der Waals surface area contributed by atoms with Gasteiger partial charge in [0.1, 0.15) is 0 Å². The fourth-order valence-electron chi connectivity index (χ4n) is 1.22. The zero-order valence-corrected chi connectivity index (χ0v) is 13.0. The largest absolute Gasteiger partial charge is 0.374 e. The van der Waals surface area contributed by atoms with Gasteiger partial charge in [-0.3, -0.25) is 4.79 Å². The van der Waals surface area contributed by atoms with E-state index in [1.54, 1.807) is 18.2 Å². The van der Waals surface area contributed by atoms with E-state index in [1.807, 2.05) is 0 Å².